The van der Waals surface area contributed by atoms with Gasteiger partial charge in [0.05, 0.1) is 12.5 Å². The zero-order valence-corrected chi connectivity index (χ0v) is 11.0. The van der Waals surface area contributed by atoms with Gasteiger partial charge in [-0.25, -0.2) is 0 Å². The van der Waals surface area contributed by atoms with Gasteiger partial charge in [-0.2, -0.15) is 5.26 Å². The number of hydrogen-bond acceptors (Lipinski definition) is 3. The Balaban J connectivity index is 2.76. The van der Waals surface area contributed by atoms with E-state index in [9.17, 15) is 0 Å². The van der Waals surface area contributed by atoms with Gasteiger partial charge in [0.2, 0.25) is 0 Å². The molecule has 0 aliphatic rings. The number of benzene rings is 1. The van der Waals surface area contributed by atoms with Crippen molar-refractivity contribution in [2.45, 2.75) is 11.3 Å². The molecule has 0 atom stereocenters. The molecule has 0 aliphatic heterocycles. The lowest BCUT2D eigenvalue weighted by molar-refractivity contribution is 1.21. The van der Waals surface area contributed by atoms with Crippen LogP contribution in [0.3, 0.4) is 0 Å². The van der Waals surface area contributed by atoms with Crippen LogP contribution in [0, 0.1) is 14.9 Å². The van der Waals surface area contributed by atoms with Gasteiger partial charge in [-0.05, 0) is 45.7 Å². The van der Waals surface area contributed by atoms with Crippen molar-refractivity contribution in [3.05, 3.63) is 26.6 Å². The Kier molecular flexibility index (Phi) is 3.00. The van der Waals surface area contributed by atoms with Crippen molar-refractivity contribution in [3.8, 4) is 6.07 Å². The van der Waals surface area contributed by atoms with Crippen molar-refractivity contribution in [3.63, 3.8) is 0 Å². The van der Waals surface area contributed by atoms with Crippen LogP contribution in [-0.4, -0.2) is 0 Å². The maximum absolute atomic E-state index is 8.67. The van der Waals surface area contributed by atoms with Gasteiger partial charge >= 0.3 is 0 Å². The first kappa shape index (κ1) is 10.3. The molecule has 2 rings (SSSR count). The van der Waals surface area contributed by atoms with E-state index in [2.05, 4.69) is 52.7 Å². The number of fused-ring (bicyclic) bond motifs is 1. The van der Waals surface area contributed by atoms with E-state index >= 15 is 0 Å². The lowest BCUT2D eigenvalue weighted by Gasteiger charge is -2.04. The fourth-order valence-corrected chi connectivity index (χ4v) is 3.66. The van der Waals surface area contributed by atoms with E-state index in [4.69, 9.17) is 5.26 Å². The highest BCUT2D eigenvalue weighted by atomic mass is 127. The van der Waals surface area contributed by atoms with E-state index < -0.39 is 0 Å². The van der Waals surface area contributed by atoms with Crippen LogP contribution in [0.5, 0.6) is 0 Å². The van der Waals surface area contributed by atoms with Crippen LogP contribution < -0.4 is 0 Å². The summed E-state index contributed by atoms with van der Waals surface area (Å²) in [7, 11) is 0. The molecular formula is C10H6INS2. The number of nitriles is 1. The molecule has 0 saturated heterocycles. The number of thiol groups is 1. The van der Waals surface area contributed by atoms with Crippen LogP contribution in [-0.2, 0) is 6.42 Å². The molecule has 0 N–H and O–H groups in total. The highest BCUT2D eigenvalue weighted by molar-refractivity contribution is 14.1. The summed E-state index contributed by atoms with van der Waals surface area (Å²) < 4.78 is 2.38. The van der Waals surface area contributed by atoms with E-state index in [0.29, 0.717) is 6.42 Å². The normalized spacial score (nSPS) is 10.4. The summed E-state index contributed by atoms with van der Waals surface area (Å²) in [5.74, 6) is 0. The Morgan fingerprint density at radius 1 is 1.57 bits per heavy atom. The molecule has 0 saturated carbocycles. The van der Waals surface area contributed by atoms with Gasteiger partial charge in [-0.1, -0.05) is 0 Å². The van der Waals surface area contributed by atoms with Gasteiger partial charge in [-0.15, -0.1) is 24.0 Å². The van der Waals surface area contributed by atoms with Crippen LogP contribution in [0.15, 0.2) is 22.4 Å². The van der Waals surface area contributed by atoms with Crippen molar-refractivity contribution >= 4 is 56.6 Å². The van der Waals surface area contributed by atoms with Crippen LogP contribution in [0.1, 0.15) is 5.56 Å². The van der Waals surface area contributed by atoms with Crippen molar-refractivity contribution < 1.29 is 0 Å². The lowest BCUT2D eigenvalue weighted by Crippen LogP contribution is -1.86. The van der Waals surface area contributed by atoms with Gasteiger partial charge in [0.25, 0.3) is 0 Å². The Morgan fingerprint density at radius 3 is 3.07 bits per heavy atom. The topological polar surface area (TPSA) is 23.8 Å². The summed E-state index contributed by atoms with van der Waals surface area (Å²) in [4.78, 5) is 0.956. The summed E-state index contributed by atoms with van der Waals surface area (Å²) >= 11 is 8.44. The standard InChI is InChI=1S/C10H6INS2/c11-8-5-6(1-3-12)9(13)10-7(8)2-4-14-10/h2,4-5,13H,1H2. The Morgan fingerprint density at radius 2 is 2.36 bits per heavy atom. The Bertz CT molecular complexity index is 525. The second kappa shape index (κ2) is 4.09. The minimum atomic E-state index is 0.433. The summed E-state index contributed by atoms with van der Waals surface area (Å²) in [5, 5.41) is 12.0. The number of rotatable bonds is 1. The molecule has 0 bridgehead atoms. The second-order valence-electron chi connectivity index (χ2n) is 2.86. The summed E-state index contributed by atoms with van der Waals surface area (Å²) in [6.07, 6.45) is 0.433. The monoisotopic (exact) mass is 331 g/mol. The minimum absolute atomic E-state index is 0.433. The van der Waals surface area contributed by atoms with Gasteiger partial charge in [0, 0.05) is 18.6 Å². The second-order valence-corrected chi connectivity index (χ2v) is 5.39. The van der Waals surface area contributed by atoms with E-state index in [-0.39, 0.29) is 0 Å². The highest BCUT2D eigenvalue weighted by Gasteiger charge is 2.08. The average Bonchev–Trinajstić information content (AvgIpc) is 2.63. The fraction of sp³-hybridized carbons (Fsp3) is 0.100. The van der Waals surface area contributed by atoms with E-state index in [1.54, 1.807) is 11.3 Å². The number of thiophene rings is 1. The maximum atomic E-state index is 8.67. The van der Waals surface area contributed by atoms with Crippen molar-refractivity contribution in [1.29, 1.82) is 5.26 Å². The van der Waals surface area contributed by atoms with E-state index in [0.717, 1.165) is 10.5 Å². The predicted octanol–water partition coefficient (Wildman–Crippen LogP) is 3.86. The molecule has 1 aromatic carbocycles. The quantitative estimate of drug-likeness (QED) is 0.623. The molecule has 1 aromatic heterocycles. The molecular weight excluding hydrogens is 325 g/mol. The molecule has 14 heavy (non-hydrogen) atoms. The van der Waals surface area contributed by atoms with E-state index in [1.807, 2.05) is 6.07 Å². The largest absolute Gasteiger partial charge is 0.198 e. The predicted molar refractivity (Wildman–Crippen MR) is 71.1 cm³/mol. The third-order valence-corrected chi connectivity index (χ3v) is 4.50. The van der Waals surface area contributed by atoms with Gasteiger partial charge in [-0.3, -0.25) is 0 Å². The van der Waals surface area contributed by atoms with Gasteiger partial charge < -0.3 is 0 Å². The molecule has 70 valence electrons. The zero-order valence-electron chi connectivity index (χ0n) is 7.12. The molecule has 4 heteroatoms. The smallest absolute Gasteiger partial charge is 0.0670 e. The number of hydrogen-bond donors (Lipinski definition) is 1. The zero-order chi connectivity index (χ0) is 10.1. The Labute approximate surface area is 105 Å². The minimum Gasteiger partial charge on any atom is -0.198 e. The van der Waals surface area contributed by atoms with E-state index in [1.165, 1.54) is 13.7 Å². The van der Waals surface area contributed by atoms with Crippen LogP contribution in [0.4, 0.5) is 0 Å². The summed E-state index contributed by atoms with van der Waals surface area (Å²) in [5.41, 5.74) is 1.02. The lowest BCUT2D eigenvalue weighted by atomic mass is 10.1. The van der Waals surface area contributed by atoms with Crippen molar-refractivity contribution in [2.75, 3.05) is 0 Å². The van der Waals surface area contributed by atoms with Crippen molar-refractivity contribution in [2.24, 2.45) is 0 Å². The molecule has 0 spiro atoms. The fourth-order valence-electron chi connectivity index (χ4n) is 1.35. The third kappa shape index (κ3) is 1.64. The summed E-state index contributed by atoms with van der Waals surface area (Å²) in [6, 6.07) is 6.30. The summed E-state index contributed by atoms with van der Waals surface area (Å²) in [6.45, 7) is 0. The first-order valence-electron chi connectivity index (χ1n) is 3.98. The molecule has 0 amide bonds. The van der Waals surface area contributed by atoms with Crippen LogP contribution in [0.25, 0.3) is 10.1 Å². The average molecular weight is 331 g/mol. The van der Waals surface area contributed by atoms with Crippen LogP contribution in [0.2, 0.25) is 0 Å². The first-order valence-corrected chi connectivity index (χ1v) is 6.39. The molecule has 2 aromatic rings. The molecule has 0 unspecified atom stereocenters. The molecule has 0 fully saturated rings. The van der Waals surface area contributed by atoms with Gasteiger partial charge in [0.15, 0.2) is 0 Å². The molecule has 0 aliphatic carbocycles. The molecule has 1 nitrogen and oxygen atoms in total. The maximum Gasteiger partial charge on any atom is 0.0670 e. The number of halogens is 1. The third-order valence-electron chi connectivity index (χ3n) is 2.01. The first-order chi connectivity index (χ1) is 6.74. The Hall–Kier alpha value is -0.250. The molecule has 1 heterocycles. The van der Waals surface area contributed by atoms with Crippen LogP contribution >= 0.6 is 46.6 Å². The molecule has 0 radical (unpaired) electrons. The van der Waals surface area contributed by atoms with Crippen molar-refractivity contribution in [1.82, 2.24) is 0 Å². The number of nitrogens with zero attached hydrogens (tertiary/aromatic N) is 1. The van der Waals surface area contributed by atoms with Gasteiger partial charge in [0.1, 0.15) is 0 Å². The SMILES string of the molecule is N#CCc1cc(I)c2ccsc2c1S. The highest BCUT2D eigenvalue weighted by Crippen LogP contribution is 2.34.